The van der Waals surface area contributed by atoms with Crippen molar-refractivity contribution in [1.82, 2.24) is 25.1 Å². The van der Waals surface area contributed by atoms with E-state index in [1.165, 1.54) is 11.8 Å². The molecule has 0 aliphatic carbocycles. The van der Waals surface area contributed by atoms with Crippen LogP contribution in [0.4, 0.5) is 5.69 Å². The van der Waals surface area contributed by atoms with Gasteiger partial charge in [0.05, 0.1) is 23.0 Å². The first-order valence-electron chi connectivity index (χ1n) is 10.7. The largest absolute Gasteiger partial charge is 0.345 e. The average molecular weight is 473 g/mol. The normalized spacial score (nSPS) is 11.6. The van der Waals surface area contributed by atoms with Crippen LogP contribution in [0.3, 0.4) is 0 Å². The van der Waals surface area contributed by atoms with Gasteiger partial charge in [-0.2, -0.15) is 0 Å². The van der Waals surface area contributed by atoms with Crippen LogP contribution in [-0.4, -0.2) is 37.3 Å². The van der Waals surface area contributed by atoms with Crippen molar-refractivity contribution in [2.45, 2.75) is 18.1 Å². The lowest BCUT2D eigenvalue weighted by Gasteiger charge is -2.16. The molecule has 2 aromatic carbocycles. The fraction of sp³-hybridized carbons (Fsp3) is 0.160. The number of carbonyl (C=O) groups is 2. The molecule has 0 saturated carbocycles. The number of thioether (sulfide) groups is 1. The number of pyridine rings is 1. The van der Waals surface area contributed by atoms with Crippen LogP contribution >= 0.6 is 11.8 Å². The first-order chi connectivity index (χ1) is 16.5. The van der Waals surface area contributed by atoms with Gasteiger partial charge in [-0.25, -0.2) is 0 Å². The minimum absolute atomic E-state index is 0.120. The van der Waals surface area contributed by atoms with Crippen molar-refractivity contribution >= 4 is 29.3 Å². The number of anilines is 1. The molecule has 2 aromatic heterocycles. The van der Waals surface area contributed by atoms with E-state index >= 15 is 0 Å². The number of nitrogens with one attached hydrogen (secondary N) is 2. The molecule has 2 heterocycles. The molecule has 2 N–H and O–H groups in total. The lowest BCUT2D eigenvalue weighted by molar-refractivity contribution is -0.113. The van der Waals surface area contributed by atoms with Gasteiger partial charge in [-0.05, 0) is 36.8 Å². The highest BCUT2D eigenvalue weighted by Crippen LogP contribution is 2.23. The van der Waals surface area contributed by atoms with Crippen molar-refractivity contribution in [2.75, 3.05) is 11.1 Å². The fourth-order valence-corrected chi connectivity index (χ4v) is 4.10. The molecule has 2 amide bonds. The van der Waals surface area contributed by atoms with Crippen LogP contribution in [0.1, 0.15) is 28.9 Å². The number of aromatic nitrogens is 4. The Kier molecular flexibility index (Phi) is 7.34. The van der Waals surface area contributed by atoms with E-state index in [0.717, 1.165) is 11.1 Å². The van der Waals surface area contributed by atoms with E-state index < -0.39 is 0 Å². The Labute approximate surface area is 201 Å². The molecule has 0 aliphatic heterocycles. The minimum atomic E-state index is -0.255. The van der Waals surface area contributed by atoms with Crippen molar-refractivity contribution in [2.24, 2.45) is 7.05 Å². The molecule has 172 valence electrons. The second kappa shape index (κ2) is 10.8. The minimum Gasteiger partial charge on any atom is -0.345 e. The Morgan fingerprint density at radius 3 is 2.53 bits per heavy atom. The number of hydrogen-bond donors (Lipinski definition) is 2. The fourth-order valence-electron chi connectivity index (χ4n) is 3.39. The van der Waals surface area contributed by atoms with Gasteiger partial charge in [-0.3, -0.25) is 14.6 Å². The average Bonchev–Trinajstić information content (AvgIpc) is 3.24. The summed E-state index contributed by atoms with van der Waals surface area (Å²) in [5, 5.41) is 14.8. The molecule has 34 heavy (non-hydrogen) atoms. The van der Waals surface area contributed by atoms with Gasteiger partial charge in [0.25, 0.3) is 5.91 Å². The zero-order chi connectivity index (χ0) is 23.9. The first-order valence-corrected chi connectivity index (χ1v) is 11.7. The highest BCUT2D eigenvalue weighted by molar-refractivity contribution is 7.99. The summed E-state index contributed by atoms with van der Waals surface area (Å²) < 4.78 is 1.82. The molecular weight excluding hydrogens is 448 g/mol. The number of amides is 2. The SMILES string of the molecule is CC(NC(=O)c1ccccc1NC(=O)CSc1nnc(-c2cccnc2)n1C)c1ccccc1. The Morgan fingerprint density at radius 1 is 1.00 bits per heavy atom. The second-order valence-corrected chi connectivity index (χ2v) is 8.54. The van der Waals surface area contributed by atoms with E-state index in [1.807, 2.05) is 61.0 Å². The summed E-state index contributed by atoms with van der Waals surface area (Å²) in [6.45, 7) is 1.92. The summed E-state index contributed by atoms with van der Waals surface area (Å²) in [7, 11) is 1.84. The van der Waals surface area contributed by atoms with Crippen molar-refractivity contribution in [3.63, 3.8) is 0 Å². The summed E-state index contributed by atoms with van der Waals surface area (Å²) in [6.07, 6.45) is 3.41. The molecule has 8 nitrogen and oxygen atoms in total. The molecule has 9 heteroatoms. The topological polar surface area (TPSA) is 102 Å². The van der Waals surface area contributed by atoms with Crippen molar-refractivity contribution in [3.05, 3.63) is 90.3 Å². The molecule has 0 fully saturated rings. The standard InChI is InChI=1S/C25H24N6O2S/c1-17(18-9-4-3-5-10-18)27-24(33)20-12-6-7-13-21(20)28-22(32)16-34-25-30-29-23(31(25)2)19-11-8-14-26-15-19/h3-15,17H,16H2,1-2H3,(H,27,33)(H,28,32). The molecular formula is C25H24N6O2S. The third-order valence-electron chi connectivity index (χ3n) is 5.18. The molecule has 0 radical (unpaired) electrons. The lowest BCUT2D eigenvalue weighted by Crippen LogP contribution is -2.28. The number of hydrogen-bond acceptors (Lipinski definition) is 6. The van der Waals surface area contributed by atoms with Gasteiger partial charge in [0, 0.05) is 25.0 Å². The van der Waals surface area contributed by atoms with E-state index in [2.05, 4.69) is 25.8 Å². The van der Waals surface area contributed by atoms with Gasteiger partial charge in [-0.15, -0.1) is 10.2 Å². The van der Waals surface area contributed by atoms with Gasteiger partial charge < -0.3 is 15.2 Å². The molecule has 0 aliphatic rings. The Bertz CT molecular complexity index is 1280. The van der Waals surface area contributed by atoms with Crippen LogP contribution < -0.4 is 10.6 Å². The second-order valence-electron chi connectivity index (χ2n) is 7.60. The molecule has 4 rings (SSSR count). The number of nitrogens with zero attached hydrogens (tertiary/aromatic N) is 4. The monoisotopic (exact) mass is 472 g/mol. The zero-order valence-electron chi connectivity index (χ0n) is 18.8. The van der Waals surface area contributed by atoms with E-state index in [-0.39, 0.29) is 23.6 Å². The van der Waals surface area contributed by atoms with Gasteiger partial charge >= 0.3 is 0 Å². The van der Waals surface area contributed by atoms with Crippen LogP contribution in [0.2, 0.25) is 0 Å². The van der Waals surface area contributed by atoms with Crippen LogP contribution in [0.5, 0.6) is 0 Å². The van der Waals surface area contributed by atoms with Crippen LogP contribution in [-0.2, 0) is 11.8 Å². The number of rotatable bonds is 8. The maximum absolute atomic E-state index is 12.9. The summed E-state index contributed by atoms with van der Waals surface area (Å²) in [6, 6.07) is 20.2. The third kappa shape index (κ3) is 5.49. The van der Waals surface area contributed by atoms with E-state index in [0.29, 0.717) is 22.2 Å². The highest BCUT2D eigenvalue weighted by Gasteiger charge is 2.17. The number of para-hydroxylation sites is 1. The third-order valence-corrected chi connectivity index (χ3v) is 6.20. The maximum atomic E-state index is 12.9. The molecule has 0 bridgehead atoms. The van der Waals surface area contributed by atoms with Gasteiger partial charge in [0.1, 0.15) is 0 Å². The van der Waals surface area contributed by atoms with E-state index in [9.17, 15) is 9.59 Å². The molecule has 0 spiro atoms. The van der Waals surface area contributed by atoms with Crippen LogP contribution in [0, 0.1) is 0 Å². The van der Waals surface area contributed by atoms with Crippen LogP contribution in [0.15, 0.2) is 84.3 Å². The summed E-state index contributed by atoms with van der Waals surface area (Å²) in [5.41, 5.74) is 2.71. The van der Waals surface area contributed by atoms with Gasteiger partial charge in [0.15, 0.2) is 11.0 Å². The Hall–Kier alpha value is -3.98. The van der Waals surface area contributed by atoms with Crippen LogP contribution in [0.25, 0.3) is 11.4 Å². The number of benzene rings is 2. The molecule has 0 saturated heterocycles. The Morgan fingerprint density at radius 2 is 1.76 bits per heavy atom. The predicted octanol–water partition coefficient (Wildman–Crippen LogP) is 4.10. The van der Waals surface area contributed by atoms with E-state index in [4.69, 9.17) is 0 Å². The van der Waals surface area contributed by atoms with Crippen molar-refractivity contribution < 1.29 is 9.59 Å². The van der Waals surface area contributed by atoms with E-state index in [1.54, 1.807) is 36.7 Å². The molecule has 1 unspecified atom stereocenters. The number of carbonyl (C=O) groups excluding carboxylic acids is 2. The van der Waals surface area contributed by atoms with Gasteiger partial charge in [-0.1, -0.05) is 54.2 Å². The maximum Gasteiger partial charge on any atom is 0.253 e. The van der Waals surface area contributed by atoms with Crippen molar-refractivity contribution in [1.29, 1.82) is 0 Å². The van der Waals surface area contributed by atoms with Crippen molar-refractivity contribution in [3.8, 4) is 11.4 Å². The first kappa shape index (κ1) is 23.2. The summed E-state index contributed by atoms with van der Waals surface area (Å²) >= 11 is 1.27. The Balaban J connectivity index is 1.39. The molecule has 4 aromatic rings. The summed E-state index contributed by atoms with van der Waals surface area (Å²) in [4.78, 5) is 29.7. The summed E-state index contributed by atoms with van der Waals surface area (Å²) in [5.74, 6) is 0.294. The smallest absolute Gasteiger partial charge is 0.253 e. The highest BCUT2D eigenvalue weighted by atomic mass is 32.2. The lowest BCUT2D eigenvalue weighted by atomic mass is 10.1. The predicted molar refractivity (Wildman–Crippen MR) is 132 cm³/mol. The quantitative estimate of drug-likeness (QED) is 0.375. The zero-order valence-corrected chi connectivity index (χ0v) is 19.6. The molecule has 1 atom stereocenters. The van der Waals surface area contributed by atoms with Gasteiger partial charge in [0.2, 0.25) is 5.91 Å².